The standard InChI is InChI=1S/C5H11NO.C4H10/c1-4(2)5(7)6-3;1-4(2)3/h4H,1-3H3,(H,6,7);4H,1-3H3. The third-order valence-corrected chi connectivity index (χ3v) is 0.771. The fourth-order valence-corrected chi connectivity index (χ4v) is 0.289. The van der Waals surface area contributed by atoms with Crippen LogP contribution in [0.5, 0.6) is 0 Å². The van der Waals surface area contributed by atoms with Gasteiger partial charge in [-0.3, -0.25) is 4.79 Å². The van der Waals surface area contributed by atoms with Gasteiger partial charge in [-0.15, -0.1) is 0 Å². The van der Waals surface area contributed by atoms with Gasteiger partial charge in [-0.05, 0) is 5.92 Å². The molecule has 0 bridgehead atoms. The second kappa shape index (κ2) is 7.58. The van der Waals surface area contributed by atoms with Crippen LogP contribution < -0.4 is 5.32 Å². The van der Waals surface area contributed by atoms with E-state index < -0.39 is 0 Å². The normalized spacial score (nSPS) is 9.09. The summed E-state index contributed by atoms with van der Waals surface area (Å²) in [5, 5.41) is 2.53. The summed E-state index contributed by atoms with van der Waals surface area (Å²) in [7, 11) is 1.64. The van der Waals surface area contributed by atoms with E-state index in [4.69, 9.17) is 0 Å². The first-order valence-electron chi connectivity index (χ1n) is 4.13. The third-order valence-electron chi connectivity index (χ3n) is 0.771. The molecule has 0 saturated carbocycles. The molecule has 0 saturated heterocycles. The van der Waals surface area contributed by atoms with Crippen molar-refractivity contribution in [3.05, 3.63) is 0 Å². The second-order valence-electron chi connectivity index (χ2n) is 3.50. The van der Waals surface area contributed by atoms with E-state index in [9.17, 15) is 4.79 Å². The smallest absolute Gasteiger partial charge is 0.222 e. The van der Waals surface area contributed by atoms with Gasteiger partial charge in [0.1, 0.15) is 0 Å². The molecule has 0 radical (unpaired) electrons. The molecule has 0 aromatic rings. The zero-order valence-electron chi connectivity index (χ0n) is 8.56. The maximum absolute atomic E-state index is 10.4. The number of carbonyl (C=O) groups excluding carboxylic acids is 1. The summed E-state index contributed by atoms with van der Waals surface area (Å²) in [4.78, 5) is 10.4. The van der Waals surface area contributed by atoms with Gasteiger partial charge in [-0.25, -0.2) is 0 Å². The molecule has 0 spiro atoms. The summed E-state index contributed by atoms with van der Waals surface area (Å²) in [6.07, 6.45) is 0. The largest absolute Gasteiger partial charge is 0.359 e. The van der Waals surface area contributed by atoms with E-state index in [1.54, 1.807) is 7.05 Å². The number of hydrogen-bond donors (Lipinski definition) is 1. The molecule has 0 aromatic carbocycles. The Balaban J connectivity index is 0. The molecule has 0 unspecified atom stereocenters. The molecule has 0 aliphatic carbocycles. The van der Waals surface area contributed by atoms with Crippen molar-refractivity contribution in [3.63, 3.8) is 0 Å². The molecule has 0 heterocycles. The Kier molecular flexibility index (Phi) is 9.01. The summed E-state index contributed by atoms with van der Waals surface area (Å²) in [6, 6.07) is 0. The highest BCUT2D eigenvalue weighted by Gasteiger charge is 2.00. The number of hydrogen-bond acceptors (Lipinski definition) is 1. The fourth-order valence-electron chi connectivity index (χ4n) is 0.289. The second-order valence-corrected chi connectivity index (χ2v) is 3.50. The van der Waals surface area contributed by atoms with Crippen molar-refractivity contribution in [1.82, 2.24) is 5.32 Å². The van der Waals surface area contributed by atoms with Gasteiger partial charge in [0.25, 0.3) is 0 Å². The zero-order chi connectivity index (χ0) is 9.44. The van der Waals surface area contributed by atoms with Crippen LogP contribution >= 0.6 is 0 Å². The molecule has 1 amide bonds. The Hall–Kier alpha value is -0.530. The Bertz CT molecular complexity index is 95.0. The molecule has 11 heavy (non-hydrogen) atoms. The Labute approximate surface area is 70.4 Å². The minimum atomic E-state index is 0.0972. The predicted octanol–water partition coefficient (Wildman–Crippen LogP) is 2.05. The van der Waals surface area contributed by atoms with Gasteiger partial charge in [0.05, 0.1) is 0 Å². The van der Waals surface area contributed by atoms with Crippen LogP contribution in [0.4, 0.5) is 0 Å². The highest BCUT2D eigenvalue weighted by Crippen LogP contribution is 1.87. The molecule has 1 N–H and O–H groups in total. The van der Waals surface area contributed by atoms with E-state index in [0.29, 0.717) is 0 Å². The number of carbonyl (C=O) groups is 1. The van der Waals surface area contributed by atoms with E-state index in [1.165, 1.54) is 0 Å². The quantitative estimate of drug-likeness (QED) is 0.623. The molecule has 0 aliphatic rings. The van der Waals surface area contributed by atoms with Crippen LogP contribution in [0.1, 0.15) is 34.6 Å². The van der Waals surface area contributed by atoms with Crippen LogP contribution in [-0.4, -0.2) is 13.0 Å². The monoisotopic (exact) mass is 159 g/mol. The zero-order valence-corrected chi connectivity index (χ0v) is 8.56. The Morgan fingerprint density at radius 3 is 1.36 bits per heavy atom. The molecular formula is C9H21NO. The topological polar surface area (TPSA) is 29.1 Å². The van der Waals surface area contributed by atoms with E-state index >= 15 is 0 Å². The van der Waals surface area contributed by atoms with Crippen molar-refractivity contribution < 1.29 is 4.79 Å². The Morgan fingerprint density at radius 2 is 1.36 bits per heavy atom. The first kappa shape index (κ1) is 13.1. The molecule has 0 rings (SSSR count). The lowest BCUT2D eigenvalue weighted by atomic mass is 10.2. The SMILES string of the molecule is CC(C)C.CNC(=O)C(C)C. The van der Waals surface area contributed by atoms with Crippen molar-refractivity contribution in [2.24, 2.45) is 11.8 Å². The van der Waals surface area contributed by atoms with Gasteiger partial charge < -0.3 is 5.32 Å². The van der Waals surface area contributed by atoms with E-state index in [1.807, 2.05) is 13.8 Å². The van der Waals surface area contributed by atoms with E-state index in [0.717, 1.165) is 5.92 Å². The number of rotatable bonds is 1. The summed E-state index contributed by atoms with van der Waals surface area (Å²) in [5.74, 6) is 1.05. The maximum atomic E-state index is 10.4. The maximum Gasteiger partial charge on any atom is 0.222 e. The first-order chi connectivity index (χ1) is 4.91. The van der Waals surface area contributed by atoms with Crippen LogP contribution in [0, 0.1) is 11.8 Å². The van der Waals surface area contributed by atoms with Crippen LogP contribution in [0.25, 0.3) is 0 Å². The fraction of sp³-hybridized carbons (Fsp3) is 0.889. The van der Waals surface area contributed by atoms with Crippen LogP contribution in [-0.2, 0) is 4.79 Å². The van der Waals surface area contributed by atoms with Gasteiger partial charge in [0.15, 0.2) is 0 Å². The molecule has 68 valence electrons. The van der Waals surface area contributed by atoms with Gasteiger partial charge >= 0.3 is 0 Å². The van der Waals surface area contributed by atoms with E-state index in [2.05, 4.69) is 26.1 Å². The lowest BCUT2D eigenvalue weighted by molar-refractivity contribution is -0.123. The van der Waals surface area contributed by atoms with Gasteiger partial charge in [0, 0.05) is 13.0 Å². The van der Waals surface area contributed by atoms with Crippen LogP contribution in [0.3, 0.4) is 0 Å². The predicted molar refractivity (Wildman–Crippen MR) is 49.4 cm³/mol. The highest BCUT2D eigenvalue weighted by atomic mass is 16.1. The van der Waals surface area contributed by atoms with Crippen molar-refractivity contribution >= 4 is 5.91 Å². The molecule has 0 fully saturated rings. The van der Waals surface area contributed by atoms with Crippen molar-refractivity contribution in [3.8, 4) is 0 Å². The van der Waals surface area contributed by atoms with E-state index in [-0.39, 0.29) is 11.8 Å². The summed E-state index contributed by atoms with van der Waals surface area (Å²) >= 11 is 0. The first-order valence-corrected chi connectivity index (χ1v) is 4.13. The molecule has 2 heteroatoms. The molecule has 0 aliphatic heterocycles. The van der Waals surface area contributed by atoms with Crippen molar-refractivity contribution in [1.29, 1.82) is 0 Å². The molecule has 0 atom stereocenters. The van der Waals surface area contributed by atoms with Crippen LogP contribution in [0.15, 0.2) is 0 Å². The lowest BCUT2D eigenvalue weighted by Gasteiger charge is -1.98. The van der Waals surface area contributed by atoms with Gasteiger partial charge in [0.2, 0.25) is 5.91 Å². The summed E-state index contributed by atoms with van der Waals surface area (Å²) in [5.41, 5.74) is 0. The Morgan fingerprint density at radius 1 is 1.09 bits per heavy atom. The number of nitrogens with one attached hydrogen (secondary N) is 1. The van der Waals surface area contributed by atoms with Crippen molar-refractivity contribution in [2.75, 3.05) is 7.05 Å². The lowest BCUT2D eigenvalue weighted by Crippen LogP contribution is -2.22. The average molecular weight is 159 g/mol. The summed E-state index contributed by atoms with van der Waals surface area (Å²) < 4.78 is 0. The van der Waals surface area contributed by atoms with Gasteiger partial charge in [-0.1, -0.05) is 34.6 Å². The number of amides is 1. The molecular weight excluding hydrogens is 138 g/mol. The van der Waals surface area contributed by atoms with Gasteiger partial charge in [-0.2, -0.15) is 0 Å². The van der Waals surface area contributed by atoms with Crippen LogP contribution in [0.2, 0.25) is 0 Å². The van der Waals surface area contributed by atoms with Crippen molar-refractivity contribution in [2.45, 2.75) is 34.6 Å². The third kappa shape index (κ3) is 17.7. The molecule has 0 aromatic heterocycles. The average Bonchev–Trinajstić information content (AvgIpc) is 1.85. The minimum Gasteiger partial charge on any atom is -0.359 e. The summed E-state index contributed by atoms with van der Waals surface area (Å²) in [6.45, 7) is 10.2. The highest BCUT2D eigenvalue weighted by molar-refractivity contribution is 5.77. The minimum absolute atomic E-state index is 0.0972. The molecule has 2 nitrogen and oxygen atoms in total.